The summed E-state index contributed by atoms with van der Waals surface area (Å²) in [5.41, 5.74) is 8.75. The van der Waals surface area contributed by atoms with Crippen LogP contribution in [0.15, 0.2) is 85.1 Å². The Morgan fingerprint density at radius 2 is 1.72 bits per heavy atom. The summed E-state index contributed by atoms with van der Waals surface area (Å²) in [4.78, 5) is 4.60. The maximum atomic E-state index is 13.1. The van der Waals surface area contributed by atoms with Gasteiger partial charge in [-0.3, -0.25) is 0 Å². The zero-order valence-electron chi connectivity index (χ0n) is 15.3. The van der Waals surface area contributed by atoms with E-state index in [1.807, 2.05) is 30.3 Å². The van der Waals surface area contributed by atoms with Crippen molar-refractivity contribution in [3.05, 3.63) is 96.6 Å². The summed E-state index contributed by atoms with van der Waals surface area (Å²) in [6.45, 7) is 0. The molecule has 0 aliphatic rings. The Morgan fingerprint density at radius 1 is 0.966 bits per heavy atom. The lowest BCUT2D eigenvalue weighted by molar-refractivity contribution is 0.475. The van der Waals surface area contributed by atoms with E-state index in [-0.39, 0.29) is 11.6 Å². The van der Waals surface area contributed by atoms with Crippen LogP contribution in [0.5, 0.6) is 17.2 Å². The van der Waals surface area contributed by atoms with E-state index in [0.29, 0.717) is 22.9 Å². The number of aromatic nitrogens is 1. The highest BCUT2D eigenvalue weighted by atomic mass is 19.1. The molecule has 4 rings (SSSR count). The van der Waals surface area contributed by atoms with Crippen LogP contribution >= 0.6 is 0 Å². The highest BCUT2D eigenvalue weighted by Gasteiger charge is 2.07. The van der Waals surface area contributed by atoms with Gasteiger partial charge in [0.1, 0.15) is 23.1 Å². The van der Waals surface area contributed by atoms with Crippen molar-refractivity contribution in [2.24, 2.45) is 5.73 Å². The maximum absolute atomic E-state index is 13.1. The number of halogens is 1. The molecule has 3 aromatic carbocycles. The number of anilines is 1. The molecule has 0 unspecified atom stereocenters. The van der Waals surface area contributed by atoms with Gasteiger partial charge in [0.15, 0.2) is 0 Å². The molecule has 5 nitrogen and oxygen atoms in total. The molecule has 0 aliphatic carbocycles. The zero-order chi connectivity index (χ0) is 20.2. The van der Waals surface area contributed by atoms with Crippen molar-refractivity contribution < 1.29 is 14.2 Å². The van der Waals surface area contributed by atoms with Gasteiger partial charge in [-0.15, -0.1) is 0 Å². The molecule has 4 aromatic rings. The average molecular weight is 387 g/mol. The normalized spacial score (nSPS) is 11.4. The first-order valence-electron chi connectivity index (χ1n) is 8.93. The fourth-order valence-corrected chi connectivity index (χ4v) is 2.80. The van der Waals surface area contributed by atoms with Crippen LogP contribution in [0.4, 0.5) is 10.1 Å². The van der Waals surface area contributed by atoms with E-state index in [1.165, 1.54) is 12.1 Å². The summed E-state index contributed by atoms with van der Waals surface area (Å²) >= 11 is 0. The topological polar surface area (TPSA) is 80.4 Å². The highest BCUT2D eigenvalue weighted by Crippen LogP contribution is 2.30. The number of hydrogen-bond donors (Lipinski definition) is 3. The predicted octanol–water partition coefficient (Wildman–Crippen LogP) is 5.24. The maximum Gasteiger partial charge on any atom is 0.136 e. The zero-order valence-corrected chi connectivity index (χ0v) is 15.3. The molecule has 4 N–H and O–H groups in total. The largest absolute Gasteiger partial charge is 0.508 e. The third kappa shape index (κ3) is 4.27. The van der Waals surface area contributed by atoms with Gasteiger partial charge in [0.2, 0.25) is 0 Å². The van der Waals surface area contributed by atoms with E-state index in [0.717, 1.165) is 16.6 Å². The van der Waals surface area contributed by atoms with E-state index in [2.05, 4.69) is 10.3 Å². The molecule has 1 aromatic heterocycles. The van der Waals surface area contributed by atoms with Crippen molar-refractivity contribution in [1.82, 2.24) is 4.98 Å². The standard InChI is InChI=1S/C23H18FN3O2/c24-15-4-10-18(11-5-15)29-23-3-1-2-21-19(23)12-13-22(27-21)20(25)14-26-16-6-8-17(28)9-7-16/h1-14,26,28H,25H2/b20-14-. The number of hydrogen-bond acceptors (Lipinski definition) is 5. The van der Waals surface area contributed by atoms with Crippen LogP contribution in [0.3, 0.4) is 0 Å². The summed E-state index contributed by atoms with van der Waals surface area (Å²) in [5, 5.41) is 13.2. The van der Waals surface area contributed by atoms with Gasteiger partial charge in [0.05, 0.1) is 16.9 Å². The van der Waals surface area contributed by atoms with Gasteiger partial charge in [-0.1, -0.05) is 6.07 Å². The molecule has 144 valence electrons. The molecule has 29 heavy (non-hydrogen) atoms. The number of nitrogens with one attached hydrogen (secondary N) is 1. The van der Waals surface area contributed by atoms with Crippen molar-refractivity contribution >= 4 is 22.3 Å². The molecule has 0 bridgehead atoms. The Bertz CT molecular complexity index is 1170. The monoisotopic (exact) mass is 387 g/mol. The van der Waals surface area contributed by atoms with Gasteiger partial charge < -0.3 is 20.9 Å². The first-order chi connectivity index (χ1) is 14.1. The highest BCUT2D eigenvalue weighted by molar-refractivity contribution is 5.86. The van der Waals surface area contributed by atoms with E-state index in [1.54, 1.807) is 42.6 Å². The average Bonchev–Trinajstić information content (AvgIpc) is 2.74. The van der Waals surface area contributed by atoms with Gasteiger partial charge in [-0.25, -0.2) is 9.37 Å². The molecular formula is C23H18FN3O2. The first kappa shape index (κ1) is 18.3. The van der Waals surface area contributed by atoms with Gasteiger partial charge in [0, 0.05) is 17.3 Å². The number of phenols is 1. The first-order valence-corrected chi connectivity index (χ1v) is 8.93. The molecule has 0 fully saturated rings. The van der Waals surface area contributed by atoms with Crippen LogP contribution in [-0.4, -0.2) is 10.1 Å². The number of nitrogens with zero attached hydrogens (tertiary/aromatic N) is 1. The van der Waals surface area contributed by atoms with Gasteiger partial charge >= 0.3 is 0 Å². The van der Waals surface area contributed by atoms with E-state index in [4.69, 9.17) is 10.5 Å². The number of nitrogens with two attached hydrogens (primary N) is 1. The minimum atomic E-state index is -0.315. The van der Waals surface area contributed by atoms with Crippen molar-refractivity contribution in [1.29, 1.82) is 0 Å². The molecule has 0 amide bonds. The van der Waals surface area contributed by atoms with Crippen LogP contribution < -0.4 is 15.8 Å². The minimum Gasteiger partial charge on any atom is -0.508 e. The van der Waals surface area contributed by atoms with Crippen molar-refractivity contribution in [2.45, 2.75) is 0 Å². The second-order valence-corrected chi connectivity index (χ2v) is 6.37. The van der Waals surface area contributed by atoms with Gasteiger partial charge in [-0.2, -0.15) is 0 Å². The summed E-state index contributed by atoms with van der Waals surface area (Å²) < 4.78 is 19.0. The Kier molecular flexibility index (Phi) is 4.99. The Labute approximate surface area is 166 Å². The Balaban J connectivity index is 1.58. The minimum absolute atomic E-state index is 0.197. The van der Waals surface area contributed by atoms with Crippen LogP contribution in [0.2, 0.25) is 0 Å². The number of aromatic hydroxyl groups is 1. The summed E-state index contributed by atoms with van der Waals surface area (Å²) in [7, 11) is 0. The lowest BCUT2D eigenvalue weighted by Gasteiger charge is -2.10. The molecule has 6 heteroatoms. The van der Waals surface area contributed by atoms with E-state index >= 15 is 0 Å². The fourth-order valence-electron chi connectivity index (χ4n) is 2.80. The van der Waals surface area contributed by atoms with Crippen LogP contribution in [0.25, 0.3) is 16.6 Å². The summed E-state index contributed by atoms with van der Waals surface area (Å²) in [5.74, 6) is 1.05. The molecule has 0 atom stereocenters. The second kappa shape index (κ2) is 7.90. The molecule has 0 saturated heterocycles. The van der Waals surface area contributed by atoms with E-state index in [9.17, 15) is 9.50 Å². The fraction of sp³-hybridized carbons (Fsp3) is 0. The Morgan fingerprint density at radius 3 is 2.48 bits per heavy atom. The predicted molar refractivity (Wildman–Crippen MR) is 112 cm³/mol. The molecule has 0 spiro atoms. The number of benzene rings is 3. The SMILES string of the molecule is N/C(=C\Nc1ccc(O)cc1)c1ccc2c(Oc3ccc(F)cc3)cccc2n1. The quantitative estimate of drug-likeness (QED) is 0.408. The lowest BCUT2D eigenvalue weighted by atomic mass is 10.1. The van der Waals surface area contributed by atoms with Gasteiger partial charge in [-0.05, 0) is 72.8 Å². The van der Waals surface area contributed by atoms with Crippen LogP contribution in [0, 0.1) is 5.82 Å². The second-order valence-electron chi connectivity index (χ2n) is 6.37. The number of rotatable bonds is 5. The summed E-state index contributed by atoms with van der Waals surface area (Å²) in [6.07, 6.45) is 1.65. The number of ether oxygens (including phenoxy) is 1. The molecule has 0 saturated carbocycles. The Hall–Kier alpha value is -4.06. The van der Waals surface area contributed by atoms with Crippen LogP contribution in [-0.2, 0) is 0 Å². The molecule has 0 aliphatic heterocycles. The third-order valence-electron chi connectivity index (χ3n) is 4.29. The van der Waals surface area contributed by atoms with Crippen molar-refractivity contribution in [2.75, 3.05) is 5.32 Å². The van der Waals surface area contributed by atoms with Crippen LogP contribution in [0.1, 0.15) is 5.69 Å². The lowest BCUT2D eigenvalue weighted by Crippen LogP contribution is -2.02. The summed E-state index contributed by atoms with van der Waals surface area (Å²) in [6, 6.07) is 21.7. The molecule has 0 radical (unpaired) electrons. The molecule has 1 heterocycles. The number of fused-ring (bicyclic) bond motifs is 1. The number of pyridine rings is 1. The van der Waals surface area contributed by atoms with Gasteiger partial charge in [0.25, 0.3) is 0 Å². The van der Waals surface area contributed by atoms with Crippen molar-refractivity contribution in [3.8, 4) is 17.2 Å². The third-order valence-corrected chi connectivity index (χ3v) is 4.29. The molecular weight excluding hydrogens is 369 g/mol. The van der Waals surface area contributed by atoms with Crippen molar-refractivity contribution in [3.63, 3.8) is 0 Å². The number of phenolic OH excluding ortho intramolecular Hbond substituents is 1. The van der Waals surface area contributed by atoms with E-state index < -0.39 is 0 Å². The smallest absolute Gasteiger partial charge is 0.136 e.